The minimum absolute atomic E-state index is 0.309. The Balaban J connectivity index is 0.000000310. The van der Waals surface area contributed by atoms with Crippen LogP contribution in [-0.4, -0.2) is 14.3 Å². The predicted molar refractivity (Wildman–Crippen MR) is 54.4 cm³/mol. The van der Waals surface area contributed by atoms with E-state index in [-0.39, 0.29) is 0 Å². The van der Waals surface area contributed by atoms with Gasteiger partial charge in [0, 0.05) is 6.07 Å². The van der Waals surface area contributed by atoms with Crippen molar-refractivity contribution >= 4 is 67.9 Å². The van der Waals surface area contributed by atoms with Crippen LogP contribution in [0.25, 0.3) is 0 Å². The number of hydrogen-bond donors (Lipinski definition) is 0. The van der Waals surface area contributed by atoms with Crippen LogP contribution < -0.4 is 0 Å². The van der Waals surface area contributed by atoms with Gasteiger partial charge in [-0.1, -0.05) is 11.6 Å². The average molecular weight is 281 g/mol. The van der Waals surface area contributed by atoms with Gasteiger partial charge in [0.1, 0.15) is 10.0 Å². The molecule has 72 valence electrons. The molecule has 1 heterocycles. The summed E-state index contributed by atoms with van der Waals surface area (Å²) in [6.07, 6.45) is 0. The third-order valence-corrected chi connectivity index (χ3v) is 2.07. The molecule has 0 saturated heterocycles. The van der Waals surface area contributed by atoms with Crippen LogP contribution >= 0.6 is 57.9 Å². The van der Waals surface area contributed by atoms with E-state index >= 15 is 0 Å². The van der Waals surface area contributed by atoms with E-state index in [2.05, 4.69) is 27.6 Å². The summed E-state index contributed by atoms with van der Waals surface area (Å²) in [6, 6.07) is 1.43. The molecule has 0 saturated carbocycles. The molecule has 0 radical (unpaired) electrons. The molecular formula is C5HCl4NO2S. The van der Waals surface area contributed by atoms with Crippen LogP contribution in [0.3, 0.4) is 0 Å². The number of hydrogen-bond acceptors (Lipinski definition) is 4. The smallest absolute Gasteiger partial charge is 0.275 e. The first-order chi connectivity index (χ1) is 5.93. The predicted octanol–water partition coefficient (Wildman–Crippen LogP) is 3.76. The fourth-order valence-electron chi connectivity index (χ4n) is 0.346. The Bertz CT molecular complexity index is 309. The first kappa shape index (κ1) is 13.1. The minimum Gasteiger partial charge on any atom is -0.275 e. The maximum atomic E-state index is 10.3. The first-order valence-corrected chi connectivity index (χ1v) is 4.89. The zero-order chi connectivity index (χ0) is 10.4. The zero-order valence-corrected chi connectivity index (χ0v) is 9.60. The Morgan fingerprint density at radius 1 is 1.31 bits per heavy atom. The molecule has 0 unspecified atom stereocenters. The largest absolute Gasteiger partial charge is 0.313 e. The molecule has 8 heteroatoms. The zero-order valence-electron chi connectivity index (χ0n) is 5.76. The monoisotopic (exact) mass is 279 g/mol. The normalized spacial score (nSPS) is 8.62. The van der Waals surface area contributed by atoms with Gasteiger partial charge in [-0.15, -0.1) is 0 Å². The summed E-state index contributed by atoms with van der Waals surface area (Å²) in [4.78, 5) is 19.7. The highest BCUT2D eigenvalue weighted by atomic mass is 35.5. The summed E-state index contributed by atoms with van der Waals surface area (Å²) in [5, 5.41) is -0.205. The van der Waals surface area contributed by atoms with E-state index in [1.54, 1.807) is 0 Å². The van der Waals surface area contributed by atoms with Gasteiger partial charge in [0.25, 0.3) is 5.24 Å². The lowest BCUT2D eigenvalue weighted by Crippen LogP contribution is -1.78. The van der Waals surface area contributed by atoms with E-state index in [1.165, 1.54) is 6.07 Å². The van der Waals surface area contributed by atoms with Gasteiger partial charge in [0.15, 0.2) is 0 Å². The lowest BCUT2D eigenvalue weighted by Gasteiger charge is -1.75. The van der Waals surface area contributed by atoms with Gasteiger partial charge in [0.05, 0.1) is 0 Å². The van der Waals surface area contributed by atoms with Gasteiger partial charge >= 0.3 is 4.70 Å². The lowest BCUT2D eigenvalue weighted by molar-refractivity contribution is 0.108. The van der Waals surface area contributed by atoms with E-state index in [0.29, 0.717) is 10.0 Å². The maximum absolute atomic E-state index is 10.3. The molecule has 0 fully saturated rings. The van der Waals surface area contributed by atoms with Crippen molar-refractivity contribution in [2.24, 2.45) is 0 Å². The molecule has 0 aromatic carbocycles. The third kappa shape index (κ3) is 7.22. The molecule has 0 aliphatic heterocycles. The van der Waals surface area contributed by atoms with Crippen LogP contribution in [0.4, 0.5) is 4.79 Å². The first-order valence-electron chi connectivity index (χ1n) is 2.60. The molecule has 13 heavy (non-hydrogen) atoms. The molecule has 0 spiro atoms. The van der Waals surface area contributed by atoms with Gasteiger partial charge in [-0.2, -0.15) is 4.37 Å². The molecule has 1 rings (SSSR count). The van der Waals surface area contributed by atoms with Crippen LogP contribution in [0, 0.1) is 0 Å². The molecule has 1 aromatic rings. The Morgan fingerprint density at radius 3 is 1.92 bits per heavy atom. The van der Waals surface area contributed by atoms with Crippen molar-refractivity contribution in [2.45, 2.75) is 0 Å². The minimum atomic E-state index is -0.889. The van der Waals surface area contributed by atoms with Crippen molar-refractivity contribution in [1.29, 1.82) is 0 Å². The van der Waals surface area contributed by atoms with Crippen molar-refractivity contribution in [2.75, 3.05) is 0 Å². The summed E-state index contributed by atoms with van der Waals surface area (Å²) in [6.45, 7) is 0. The number of halogens is 4. The van der Waals surface area contributed by atoms with Crippen LogP contribution in [0.1, 0.15) is 9.67 Å². The lowest BCUT2D eigenvalue weighted by atomic mass is 10.5. The number of rotatable bonds is 1. The summed E-state index contributed by atoms with van der Waals surface area (Å²) in [5.41, 5.74) is 0. The van der Waals surface area contributed by atoms with E-state index in [9.17, 15) is 4.79 Å². The molecule has 0 aliphatic carbocycles. The second-order valence-corrected chi connectivity index (χ2v) is 3.93. The van der Waals surface area contributed by atoms with Crippen LogP contribution in [-0.2, 0) is 0 Å². The van der Waals surface area contributed by atoms with E-state index < -0.39 is 9.94 Å². The summed E-state index contributed by atoms with van der Waals surface area (Å²) >= 11 is 20.3. The van der Waals surface area contributed by atoms with Gasteiger partial charge in [-0.05, 0) is 46.3 Å². The molecule has 0 N–H and O–H groups in total. The molecule has 0 bridgehead atoms. The highest BCUT2D eigenvalue weighted by molar-refractivity contribution is 7.10. The Kier molecular flexibility index (Phi) is 6.63. The van der Waals surface area contributed by atoms with E-state index in [1.807, 2.05) is 0 Å². The summed E-state index contributed by atoms with van der Waals surface area (Å²) < 4.78 is 2.75. The van der Waals surface area contributed by atoms with Crippen molar-refractivity contribution < 1.29 is 9.59 Å². The highest BCUT2D eigenvalue weighted by Gasteiger charge is 2.04. The fraction of sp³-hybridized carbons (Fsp3) is 0. The van der Waals surface area contributed by atoms with E-state index in [0.717, 1.165) is 11.5 Å². The van der Waals surface area contributed by atoms with Gasteiger partial charge in [0.2, 0.25) is 0 Å². The number of carbonyl (C=O) groups is 2. The number of nitrogens with zero attached hydrogens (tertiary/aromatic N) is 1. The molecule has 3 nitrogen and oxygen atoms in total. The summed E-state index contributed by atoms with van der Waals surface area (Å²) in [7, 11) is 0. The van der Waals surface area contributed by atoms with Crippen LogP contribution in [0.2, 0.25) is 5.15 Å². The molecular weight excluding hydrogens is 280 g/mol. The van der Waals surface area contributed by atoms with Crippen LogP contribution in [0.15, 0.2) is 6.07 Å². The van der Waals surface area contributed by atoms with E-state index in [4.69, 9.17) is 28.0 Å². The average Bonchev–Trinajstić information content (AvgIpc) is 2.34. The number of aromatic nitrogens is 1. The van der Waals surface area contributed by atoms with Gasteiger partial charge < -0.3 is 0 Å². The molecule has 0 atom stereocenters. The fourth-order valence-corrected chi connectivity index (χ4v) is 1.26. The van der Waals surface area contributed by atoms with Crippen molar-refractivity contribution in [3.63, 3.8) is 0 Å². The molecule has 1 aromatic heterocycles. The standard InChI is InChI=1S/C4HCl2NOS.CCl2O/c5-3-1-2(4(6)8)9-7-3;2-1(3)4/h1H;. The number of carbonyl (C=O) groups excluding carboxylic acids is 2. The van der Waals surface area contributed by atoms with Crippen molar-refractivity contribution in [3.05, 3.63) is 16.1 Å². The Hall–Kier alpha value is 0.130. The second-order valence-electron chi connectivity index (χ2n) is 1.51. The summed E-state index contributed by atoms with van der Waals surface area (Å²) in [5.74, 6) is 0. The highest BCUT2D eigenvalue weighted by Crippen LogP contribution is 2.15. The van der Waals surface area contributed by atoms with Gasteiger partial charge in [-0.25, -0.2) is 0 Å². The molecule has 0 aliphatic rings. The SMILES string of the molecule is O=C(Cl)Cl.O=C(Cl)c1cc(Cl)ns1. The molecule has 0 amide bonds. The maximum Gasteiger partial charge on any atom is 0.313 e. The van der Waals surface area contributed by atoms with Gasteiger partial charge in [-0.3, -0.25) is 9.59 Å². The Morgan fingerprint density at radius 2 is 1.77 bits per heavy atom. The second kappa shape index (κ2) is 6.56. The van der Waals surface area contributed by atoms with Crippen molar-refractivity contribution in [3.8, 4) is 0 Å². The van der Waals surface area contributed by atoms with Crippen molar-refractivity contribution in [1.82, 2.24) is 4.37 Å². The third-order valence-electron chi connectivity index (χ3n) is 0.675. The van der Waals surface area contributed by atoms with Crippen LogP contribution in [0.5, 0.6) is 0 Å². The topological polar surface area (TPSA) is 47.0 Å². The Labute approximate surface area is 97.7 Å². The quantitative estimate of drug-likeness (QED) is 0.736.